The summed E-state index contributed by atoms with van der Waals surface area (Å²) in [6, 6.07) is 21.9. The molecule has 3 aromatic carbocycles. The van der Waals surface area contributed by atoms with E-state index in [2.05, 4.69) is 10.6 Å². The van der Waals surface area contributed by atoms with Crippen LogP contribution in [-0.2, 0) is 9.53 Å². The van der Waals surface area contributed by atoms with E-state index in [4.69, 9.17) is 20.3 Å². The van der Waals surface area contributed by atoms with Crippen molar-refractivity contribution in [1.82, 2.24) is 5.32 Å². The molecule has 5 N–H and O–H groups in total. The van der Waals surface area contributed by atoms with Crippen LogP contribution in [0.2, 0.25) is 0 Å². The lowest BCUT2D eigenvalue weighted by molar-refractivity contribution is -0.111. The van der Waals surface area contributed by atoms with E-state index in [1.54, 1.807) is 91.9 Å². The minimum Gasteiger partial charge on any atom is -0.491 e. The molecule has 0 heterocycles. The Morgan fingerprint density at radius 3 is 2.32 bits per heavy atom. The van der Waals surface area contributed by atoms with E-state index >= 15 is 0 Å². The minimum atomic E-state index is -0.929. The van der Waals surface area contributed by atoms with Gasteiger partial charge < -0.3 is 25.6 Å². The number of anilines is 2. The van der Waals surface area contributed by atoms with Gasteiger partial charge in [-0.15, -0.1) is 0 Å². The summed E-state index contributed by atoms with van der Waals surface area (Å²) >= 11 is 0. The smallest absolute Gasteiger partial charge is 0.414 e. The number of carbonyl (C=O) groups excluding carboxylic acids is 3. The number of ether oxygens (including phenoxy) is 2. The van der Waals surface area contributed by atoms with Crippen molar-refractivity contribution in [2.75, 3.05) is 24.3 Å². The fraction of sp³-hybridized carbons (Fsp3) is 0.179. The molecule has 0 aliphatic rings. The summed E-state index contributed by atoms with van der Waals surface area (Å²) < 4.78 is 11.0. The van der Waals surface area contributed by atoms with E-state index in [1.807, 2.05) is 0 Å². The number of hydrogen-bond acceptors (Lipinski definition) is 7. The summed E-state index contributed by atoms with van der Waals surface area (Å²) in [7, 11) is 0. The van der Waals surface area contributed by atoms with Crippen LogP contribution in [0.1, 0.15) is 28.9 Å². The van der Waals surface area contributed by atoms with Gasteiger partial charge in [-0.2, -0.15) is 0 Å². The molecule has 0 spiro atoms. The molecule has 3 amide bonds. The average Bonchev–Trinajstić information content (AvgIpc) is 2.91. The van der Waals surface area contributed by atoms with E-state index in [0.29, 0.717) is 28.3 Å². The molecule has 0 aliphatic heterocycles. The number of rotatable bonds is 10. The lowest BCUT2D eigenvalue weighted by Gasteiger charge is -2.23. The highest BCUT2D eigenvalue weighted by molar-refractivity contribution is 6.03. The van der Waals surface area contributed by atoms with Crippen LogP contribution in [0.3, 0.4) is 0 Å². The number of benzene rings is 3. The Labute approximate surface area is 214 Å². The van der Waals surface area contributed by atoms with Crippen LogP contribution in [0.25, 0.3) is 0 Å². The molecule has 0 aliphatic carbocycles. The van der Waals surface area contributed by atoms with Crippen LogP contribution in [0.5, 0.6) is 5.75 Å². The van der Waals surface area contributed by atoms with E-state index in [9.17, 15) is 14.4 Å². The predicted molar refractivity (Wildman–Crippen MR) is 140 cm³/mol. The van der Waals surface area contributed by atoms with Crippen molar-refractivity contribution in [2.45, 2.75) is 13.0 Å². The molecule has 37 heavy (non-hydrogen) atoms. The summed E-state index contributed by atoms with van der Waals surface area (Å²) in [4.78, 5) is 37.4. The SMILES string of the molecule is C[C@H](/C=C/C(=O)Nc1ccccc1N)[C@@H](OC(=O)NC(=O)c1ccccc1)c1ccc(OCCO)cc1. The van der Waals surface area contributed by atoms with Crippen LogP contribution >= 0.6 is 0 Å². The molecule has 0 saturated carbocycles. The van der Waals surface area contributed by atoms with Gasteiger partial charge in [-0.25, -0.2) is 4.79 Å². The quantitative estimate of drug-likeness (QED) is 0.241. The number of imide groups is 1. The number of aliphatic hydroxyl groups is 1. The molecule has 0 unspecified atom stereocenters. The lowest BCUT2D eigenvalue weighted by atomic mass is 9.96. The number of nitrogen functional groups attached to an aromatic ring is 1. The Hall–Kier alpha value is -4.63. The third-order valence-corrected chi connectivity index (χ3v) is 5.30. The molecular formula is C28H29N3O6. The third-order valence-electron chi connectivity index (χ3n) is 5.30. The maximum absolute atomic E-state index is 12.6. The number of nitrogens with one attached hydrogen (secondary N) is 2. The Morgan fingerprint density at radius 2 is 1.65 bits per heavy atom. The first-order valence-electron chi connectivity index (χ1n) is 11.6. The molecule has 9 heteroatoms. The first-order valence-corrected chi connectivity index (χ1v) is 11.6. The van der Waals surface area contributed by atoms with Gasteiger partial charge >= 0.3 is 6.09 Å². The number of carbonyl (C=O) groups is 3. The fourth-order valence-corrected chi connectivity index (χ4v) is 3.42. The van der Waals surface area contributed by atoms with E-state index < -0.39 is 29.9 Å². The van der Waals surface area contributed by atoms with Crippen molar-refractivity contribution < 1.29 is 29.0 Å². The number of amides is 3. The lowest BCUT2D eigenvalue weighted by Crippen LogP contribution is -2.33. The molecule has 2 atom stereocenters. The standard InChI is InChI=1S/C28H29N3O6/c1-19(11-16-25(33)30-24-10-6-5-9-23(24)29)26(20-12-14-22(15-13-20)36-18-17-32)37-28(35)31-27(34)21-7-3-2-4-8-21/h2-16,19,26,32H,17-18,29H2,1H3,(H,30,33)(H,31,34,35)/b16-11+/t19-,26-/m1/s1. The number of aliphatic hydroxyl groups excluding tert-OH is 1. The van der Waals surface area contributed by atoms with Gasteiger partial charge in [-0.1, -0.05) is 55.5 Å². The van der Waals surface area contributed by atoms with Gasteiger partial charge in [0, 0.05) is 11.5 Å². The van der Waals surface area contributed by atoms with E-state index in [0.717, 1.165) is 0 Å². The van der Waals surface area contributed by atoms with Crippen molar-refractivity contribution >= 4 is 29.3 Å². The van der Waals surface area contributed by atoms with Crippen LogP contribution in [-0.4, -0.2) is 36.2 Å². The second-order valence-corrected chi connectivity index (χ2v) is 8.08. The number of alkyl carbamates (subject to hydrolysis) is 1. The van der Waals surface area contributed by atoms with Crippen LogP contribution in [0, 0.1) is 5.92 Å². The van der Waals surface area contributed by atoms with Crippen LogP contribution in [0.4, 0.5) is 16.2 Å². The fourth-order valence-electron chi connectivity index (χ4n) is 3.42. The van der Waals surface area contributed by atoms with Gasteiger partial charge in [0.05, 0.1) is 18.0 Å². The van der Waals surface area contributed by atoms with Gasteiger partial charge in [0.25, 0.3) is 5.91 Å². The van der Waals surface area contributed by atoms with Crippen molar-refractivity contribution in [3.63, 3.8) is 0 Å². The monoisotopic (exact) mass is 503 g/mol. The number of para-hydroxylation sites is 2. The van der Waals surface area contributed by atoms with Crippen molar-refractivity contribution in [3.8, 4) is 5.75 Å². The predicted octanol–water partition coefficient (Wildman–Crippen LogP) is 4.08. The Morgan fingerprint density at radius 1 is 0.973 bits per heavy atom. The number of nitrogens with two attached hydrogens (primary N) is 1. The molecule has 0 fully saturated rings. The van der Waals surface area contributed by atoms with Crippen molar-refractivity contribution in [3.05, 3.63) is 102 Å². The molecule has 0 radical (unpaired) electrons. The Balaban J connectivity index is 1.74. The van der Waals surface area contributed by atoms with Gasteiger partial charge in [0.15, 0.2) is 0 Å². The molecule has 3 aromatic rings. The van der Waals surface area contributed by atoms with Crippen LogP contribution < -0.4 is 21.1 Å². The minimum absolute atomic E-state index is 0.123. The second-order valence-electron chi connectivity index (χ2n) is 8.08. The zero-order chi connectivity index (χ0) is 26.6. The molecule has 3 rings (SSSR count). The van der Waals surface area contributed by atoms with Gasteiger partial charge in [-0.05, 0) is 48.0 Å². The summed E-state index contributed by atoms with van der Waals surface area (Å²) in [5.41, 5.74) is 7.71. The Bertz CT molecular complexity index is 1230. The van der Waals surface area contributed by atoms with Gasteiger partial charge in [-0.3, -0.25) is 14.9 Å². The zero-order valence-corrected chi connectivity index (χ0v) is 20.3. The van der Waals surface area contributed by atoms with E-state index in [1.165, 1.54) is 6.08 Å². The normalized spacial score (nSPS) is 12.4. The maximum Gasteiger partial charge on any atom is 0.414 e. The molecule has 0 bridgehead atoms. The van der Waals surface area contributed by atoms with Gasteiger partial charge in [0.1, 0.15) is 18.5 Å². The molecular weight excluding hydrogens is 474 g/mol. The zero-order valence-electron chi connectivity index (χ0n) is 20.3. The molecule has 0 saturated heterocycles. The first-order chi connectivity index (χ1) is 17.9. The average molecular weight is 504 g/mol. The molecule has 0 aromatic heterocycles. The maximum atomic E-state index is 12.6. The molecule has 192 valence electrons. The van der Waals surface area contributed by atoms with Crippen molar-refractivity contribution in [2.24, 2.45) is 5.92 Å². The summed E-state index contributed by atoms with van der Waals surface area (Å²) in [6.07, 6.45) is 1.17. The molecule has 9 nitrogen and oxygen atoms in total. The second kappa shape index (κ2) is 13.5. The highest BCUT2D eigenvalue weighted by Gasteiger charge is 2.24. The summed E-state index contributed by atoms with van der Waals surface area (Å²) in [6.45, 7) is 1.79. The Kier molecular flexibility index (Phi) is 9.81. The summed E-state index contributed by atoms with van der Waals surface area (Å²) in [5.74, 6) is -0.927. The highest BCUT2D eigenvalue weighted by atomic mass is 16.6. The first kappa shape index (κ1) is 27.0. The van der Waals surface area contributed by atoms with E-state index in [-0.39, 0.29) is 13.2 Å². The highest BCUT2D eigenvalue weighted by Crippen LogP contribution is 2.29. The largest absolute Gasteiger partial charge is 0.491 e. The topological polar surface area (TPSA) is 140 Å². The third kappa shape index (κ3) is 8.22. The van der Waals surface area contributed by atoms with Crippen molar-refractivity contribution in [1.29, 1.82) is 0 Å². The van der Waals surface area contributed by atoms with Gasteiger partial charge in [0.2, 0.25) is 5.91 Å². The van der Waals surface area contributed by atoms with Crippen LogP contribution in [0.15, 0.2) is 91.0 Å². The number of hydrogen-bond donors (Lipinski definition) is 4. The summed E-state index contributed by atoms with van der Waals surface area (Å²) in [5, 5.41) is 13.9.